The molecule has 0 saturated heterocycles. The molecule has 90 valence electrons. The van der Waals surface area contributed by atoms with Crippen LogP contribution in [0.1, 0.15) is 36.8 Å². The maximum absolute atomic E-state index is 9.00. The van der Waals surface area contributed by atoms with Crippen molar-refractivity contribution in [2.45, 2.75) is 32.1 Å². The molecule has 1 aromatic rings. The van der Waals surface area contributed by atoms with E-state index in [1.807, 2.05) is 12.1 Å². The van der Waals surface area contributed by atoms with Crippen molar-refractivity contribution in [3.05, 3.63) is 29.3 Å². The highest BCUT2D eigenvalue weighted by atomic mass is 16.5. The van der Waals surface area contributed by atoms with Gasteiger partial charge in [0, 0.05) is 5.56 Å². The molecule has 2 aliphatic rings. The van der Waals surface area contributed by atoms with Crippen molar-refractivity contribution >= 4 is 5.71 Å². The lowest BCUT2D eigenvalue weighted by Gasteiger charge is -2.17. The summed E-state index contributed by atoms with van der Waals surface area (Å²) in [7, 11) is 0. The molecule has 1 N–H and O–H groups in total. The maximum Gasteiger partial charge on any atom is 0.119 e. The fourth-order valence-electron chi connectivity index (χ4n) is 2.32. The van der Waals surface area contributed by atoms with Crippen molar-refractivity contribution in [3.63, 3.8) is 0 Å². The van der Waals surface area contributed by atoms with Gasteiger partial charge in [0.05, 0.1) is 12.3 Å². The lowest BCUT2D eigenvalue weighted by atomic mass is 9.90. The summed E-state index contributed by atoms with van der Waals surface area (Å²) in [5, 5.41) is 12.4. The van der Waals surface area contributed by atoms with Gasteiger partial charge >= 0.3 is 0 Å². The second-order valence-electron chi connectivity index (χ2n) is 4.97. The molecule has 0 spiro atoms. The average Bonchev–Trinajstić information content (AvgIpc) is 3.19. The molecule has 0 unspecified atom stereocenters. The first-order valence-corrected chi connectivity index (χ1v) is 6.34. The Morgan fingerprint density at radius 2 is 2.18 bits per heavy atom. The predicted molar refractivity (Wildman–Crippen MR) is 65.9 cm³/mol. The Morgan fingerprint density at radius 1 is 1.29 bits per heavy atom. The van der Waals surface area contributed by atoms with Gasteiger partial charge in [-0.05, 0) is 55.7 Å². The van der Waals surface area contributed by atoms with Crippen molar-refractivity contribution < 1.29 is 9.94 Å². The molecule has 17 heavy (non-hydrogen) atoms. The van der Waals surface area contributed by atoms with Crippen LogP contribution in [0.15, 0.2) is 23.4 Å². The van der Waals surface area contributed by atoms with Crippen LogP contribution < -0.4 is 4.74 Å². The summed E-state index contributed by atoms with van der Waals surface area (Å²) >= 11 is 0. The van der Waals surface area contributed by atoms with E-state index >= 15 is 0 Å². The Hall–Kier alpha value is -1.51. The van der Waals surface area contributed by atoms with E-state index in [-0.39, 0.29) is 0 Å². The van der Waals surface area contributed by atoms with E-state index in [0.717, 1.165) is 48.8 Å². The zero-order valence-corrected chi connectivity index (χ0v) is 9.85. The fourth-order valence-corrected chi connectivity index (χ4v) is 2.32. The Kier molecular flexibility index (Phi) is 2.75. The van der Waals surface area contributed by atoms with E-state index in [9.17, 15) is 0 Å². The topological polar surface area (TPSA) is 41.8 Å². The second-order valence-corrected chi connectivity index (χ2v) is 4.97. The SMILES string of the molecule is O/N=C1/CCCc2ccc(OCC3CC3)cc21. The summed E-state index contributed by atoms with van der Waals surface area (Å²) < 4.78 is 5.75. The molecule has 0 atom stereocenters. The first-order chi connectivity index (χ1) is 8.36. The molecule has 3 rings (SSSR count). The molecule has 0 aliphatic heterocycles. The van der Waals surface area contributed by atoms with Gasteiger partial charge in [-0.15, -0.1) is 0 Å². The van der Waals surface area contributed by atoms with Crippen LogP contribution in [0.25, 0.3) is 0 Å². The number of rotatable bonds is 3. The highest BCUT2D eigenvalue weighted by Gasteiger charge is 2.22. The van der Waals surface area contributed by atoms with Crippen LogP contribution in [0.2, 0.25) is 0 Å². The van der Waals surface area contributed by atoms with Gasteiger partial charge in [-0.1, -0.05) is 11.2 Å². The third-order valence-corrected chi connectivity index (χ3v) is 3.56. The van der Waals surface area contributed by atoms with Gasteiger partial charge in [0.15, 0.2) is 0 Å². The molecule has 0 radical (unpaired) electrons. The summed E-state index contributed by atoms with van der Waals surface area (Å²) in [4.78, 5) is 0. The van der Waals surface area contributed by atoms with Gasteiger partial charge < -0.3 is 9.94 Å². The van der Waals surface area contributed by atoms with Gasteiger partial charge in [-0.3, -0.25) is 0 Å². The number of oxime groups is 1. The lowest BCUT2D eigenvalue weighted by Crippen LogP contribution is -2.12. The molecule has 0 bridgehead atoms. The third kappa shape index (κ3) is 2.28. The summed E-state index contributed by atoms with van der Waals surface area (Å²) in [5.41, 5.74) is 3.12. The first kappa shape index (κ1) is 10.6. The minimum absolute atomic E-state index is 0.761. The Bertz CT molecular complexity index is 450. The molecule has 1 aromatic carbocycles. The van der Waals surface area contributed by atoms with E-state index in [1.165, 1.54) is 18.4 Å². The van der Waals surface area contributed by atoms with Crippen LogP contribution in [0, 0.1) is 5.92 Å². The van der Waals surface area contributed by atoms with Crippen molar-refractivity contribution in [2.24, 2.45) is 11.1 Å². The molecule has 3 nitrogen and oxygen atoms in total. The normalized spacial score (nSPS) is 21.3. The number of ether oxygens (including phenoxy) is 1. The minimum atomic E-state index is 0.761. The smallest absolute Gasteiger partial charge is 0.119 e. The van der Waals surface area contributed by atoms with E-state index in [1.54, 1.807) is 0 Å². The largest absolute Gasteiger partial charge is 0.493 e. The monoisotopic (exact) mass is 231 g/mol. The maximum atomic E-state index is 9.00. The van der Waals surface area contributed by atoms with Crippen LogP contribution in [0.5, 0.6) is 5.75 Å². The third-order valence-electron chi connectivity index (χ3n) is 3.56. The number of benzene rings is 1. The number of fused-ring (bicyclic) bond motifs is 1. The molecule has 1 fully saturated rings. The van der Waals surface area contributed by atoms with Crippen LogP contribution in [0.3, 0.4) is 0 Å². The zero-order valence-electron chi connectivity index (χ0n) is 9.85. The summed E-state index contributed by atoms with van der Waals surface area (Å²) in [6.07, 6.45) is 5.59. The Balaban J connectivity index is 1.82. The van der Waals surface area contributed by atoms with Crippen molar-refractivity contribution in [1.29, 1.82) is 0 Å². The van der Waals surface area contributed by atoms with Gasteiger partial charge in [0.2, 0.25) is 0 Å². The van der Waals surface area contributed by atoms with Crippen molar-refractivity contribution in [3.8, 4) is 5.75 Å². The van der Waals surface area contributed by atoms with Crippen molar-refractivity contribution in [1.82, 2.24) is 0 Å². The zero-order chi connectivity index (χ0) is 11.7. The highest BCUT2D eigenvalue weighted by molar-refractivity contribution is 6.02. The van der Waals surface area contributed by atoms with Gasteiger partial charge in [0.25, 0.3) is 0 Å². The first-order valence-electron chi connectivity index (χ1n) is 6.34. The Labute approximate surface area is 101 Å². The average molecular weight is 231 g/mol. The quantitative estimate of drug-likeness (QED) is 0.642. The second kappa shape index (κ2) is 4.40. The minimum Gasteiger partial charge on any atom is -0.493 e. The molecule has 1 saturated carbocycles. The number of nitrogens with zero attached hydrogens (tertiary/aromatic N) is 1. The Morgan fingerprint density at radius 3 is 2.94 bits per heavy atom. The van der Waals surface area contributed by atoms with E-state index in [4.69, 9.17) is 9.94 Å². The molecule has 0 aromatic heterocycles. The number of hydrogen-bond acceptors (Lipinski definition) is 3. The fraction of sp³-hybridized carbons (Fsp3) is 0.500. The van der Waals surface area contributed by atoms with Crippen LogP contribution in [-0.2, 0) is 6.42 Å². The van der Waals surface area contributed by atoms with Crippen molar-refractivity contribution in [2.75, 3.05) is 6.61 Å². The molecule has 0 heterocycles. The van der Waals surface area contributed by atoms with E-state index in [2.05, 4.69) is 11.2 Å². The molecular formula is C14H17NO2. The van der Waals surface area contributed by atoms with Gasteiger partial charge in [-0.2, -0.15) is 0 Å². The van der Waals surface area contributed by atoms with Crippen LogP contribution >= 0.6 is 0 Å². The molecule has 3 heteroatoms. The molecule has 2 aliphatic carbocycles. The van der Waals surface area contributed by atoms with E-state index < -0.39 is 0 Å². The number of hydrogen-bond donors (Lipinski definition) is 1. The summed E-state index contributed by atoms with van der Waals surface area (Å²) in [6, 6.07) is 6.15. The summed E-state index contributed by atoms with van der Waals surface area (Å²) in [5.74, 6) is 1.66. The lowest BCUT2D eigenvalue weighted by molar-refractivity contribution is 0.299. The standard InChI is InChI=1S/C14H17NO2/c16-15-14-3-1-2-11-6-7-12(8-13(11)14)17-9-10-4-5-10/h6-8,10,16H,1-5,9H2/b15-14-. The van der Waals surface area contributed by atoms with Crippen LogP contribution in [0.4, 0.5) is 0 Å². The van der Waals surface area contributed by atoms with Gasteiger partial charge in [0.1, 0.15) is 5.75 Å². The number of aryl methyl sites for hydroxylation is 1. The molecule has 0 amide bonds. The van der Waals surface area contributed by atoms with Gasteiger partial charge in [-0.25, -0.2) is 0 Å². The summed E-state index contributed by atoms with van der Waals surface area (Å²) in [6.45, 7) is 0.824. The predicted octanol–water partition coefficient (Wildman–Crippen LogP) is 2.99. The highest BCUT2D eigenvalue weighted by Crippen LogP contribution is 2.31. The molecular weight excluding hydrogens is 214 g/mol. The van der Waals surface area contributed by atoms with E-state index in [0.29, 0.717) is 0 Å². The van der Waals surface area contributed by atoms with Crippen LogP contribution in [-0.4, -0.2) is 17.5 Å².